The van der Waals surface area contributed by atoms with E-state index in [1.54, 1.807) is 12.1 Å². The summed E-state index contributed by atoms with van der Waals surface area (Å²) in [7, 11) is 0. The molecule has 1 aromatic carbocycles. The number of nitrogen functional groups attached to an aromatic ring is 1. The summed E-state index contributed by atoms with van der Waals surface area (Å²) in [6, 6.07) is 3.31. The van der Waals surface area contributed by atoms with E-state index < -0.39 is 0 Å². The molecule has 1 amide bonds. The van der Waals surface area contributed by atoms with E-state index in [1.165, 1.54) is 0 Å². The maximum Gasteiger partial charge on any atom is 0.254 e. The number of likely N-dealkylation sites (tertiary alicyclic amines) is 1. The van der Waals surface area contributed by atoms with Crippen molar-refractivity contribution in [2.75, 3.05) is 18.9 Å². The van der Waals surface area contributed by atoms with Crippen molar-refractivity contribution in [1.29, 1.82) is 0 Å². The van der Waals surface area contributed by atoms with Crippen LogP contribution in [0.2, 0.25) is 10.0 Å². The van der Waals surface area contributed by atoms with Crippen LogP contribution in [-0.4, -0.2) is 35.1 Å². The van der Waals surface area contributed by atoms with Crippen LogP contribution in [0.15, 0.2) is 12.1 Å². The standard InChI is InChI=1S/C14H18Cl2N2O2/c15-11-7-9(8-12(16)13(11)17)14(20)18-5-1-3-10(18)4-2-6-19/h7-8,10,19H,1-6,17H2. The largest absolute Gasteiger partial charge is 0.396 e. The van der Waals surface area contributed by atoms with Gasteiger partial charge in [0.2, 0.25) is 0 Å². The summed E-state index contributed by atoms with van der Waals surface area (Å²) in [6.45, 7) is 0.882. The average molecular weight is 317 g/mol. The third-order valence-corrected chi connectivity index (χ3v) is 4.28. The molecule has 0 aromatic heterocycles. The lowest BCUT2D eigenvalue weighted by molar-refractivity contribution is 0.0724. The molecule has 1 unspecified atom stereocenters. The smallest absolute Gasteiger partial charge is 0.254 e. The average Bonchev–Trinajstić information content (AvgIpc) is 2.89. The maximum absolute atomic E-state index is 12.5. The van der Waals surface area contributed by atoms with Crippen LogP contribution >= 0.6 is 23.2 Å². The van der Waals surface area contributed by atoms with Crippen LogP contribution in [0, 0.1) is 0 Å². The fourth-order valence-corrected chi connectivity index (χ4v) is 3.09. The van der Waals surface area contributed by atoms with Gasteiger partial charge in [-0.1, -0.05) is 23.2 Å². The van der Waals surface area contributed by atoms with Gasteiger partial charge in [-0.25, -0.2) is 0 Å². The number of amides is 1. The number of carbonyl (C=O) groups excluding carboxylic acids is 1. The molecule has 20 heavy (non-hydrogen) atoms. The van der Waals surface area contributed by atoms with E-state index in [0.29, 0.717) is 27.7 Å². The van der Waals surface area contributed by atoms with E-state index in [1.807, 2.05) is 4.90 Å². The Bertz CT molecular complexity index is 485. The normalized spacial score (nSPS) is 18.6. The number of carbonyl (C=O) groups is 1. The predicted octanol–water partition coefficient (Wildman–Crippen LogP) is 2.95. The molecule has 1 heterocycles. The van der Waals surface area contributed by atoms with Gasteiger partial charge in [-0.05, 0) is 37.8 Å². The molecule has 0 bridgehead atoms. The Morgan fingerprint density at radius 3 is 2.65 bits per heavy atom. The van der Waals surface area contributed by atoms with Crippen molar-refractivity contribution in [2.45, 2.75) is 31.7 Å². The first-order valence-corrected chi connectivity index (χ1v) is 7.46. The zero-order valence-corrected chi connectivity index (χ0v) is 12.6. The van der Waals surface area contributed by atoms with E-state index in [4.69, 9.17) is 34.0 Å². The van der Waals surface area contributed by atoms with Crippen molar-refractivity contribution in [2.24, 2.45) is 0 Å². The molecule has 1 aliphatic heterocycles. The number of aliphatic hydroxyl groups is 1. The molecule has 4 nitrogen and oxygen atoms in total. The van der Waals surface area contributed by atoms with Crippen molar-refractivity contribution < 1.29 is 9.90 Å². The Morgan fingerprint density at radius 1 is 1.40 bits per heavy atom. The minimum absolute atomic E-state index is 0.0748. The van der Waals surface area contributed by atoms with Crippen LogP contribution in [0.1, 0.15) is 36.0 Å². The van der Waals surface area contributed by atoms with Gasteiger partial charge in [0.05, 0.1) is 15.7 Å². The lowest BCUT2D eigenvalue weighted by Gasteiger charge is -2.25. The summed E-state index contributed by atoms with van der Waals surface area (Å²) in [5.41, 5.74) is 6.44. The zero-order valence-electron chi connectivity index (χ0n) is 11.1. The second-order valence-electron chi connectivity index (χ2n) is 5.01. The van der Waals surface area contributed by atoms with Gasteiger partial charge in [0.25, 0.3) is 5.91 Å². The summed E-state index contributed by atoms with van der Waals surface area (Å²) in [5, 5.41) is 9.52. The van der Waals surface area contributed by atoms with Gasteiger partial charge >= 0.3 is 0 Å². The van der Waals surface area contributed by atoms with E-state index >= 15 is 0 Å². The minimum atomic E-state index is -0.0748. The van der Waals surface area contributed by atoms with Gasteiger partial charge < -0.3 is 15.7 Å². The van der Waals surface area contributed by atoms with Crippen LogP contribution in [-0.2, 0) is 0 Å². The highest BCUT2D eigenvalue weighted by molar-refractivity contribution is 6.39. The van der Waals surface area contributed by atoms with Crippen LogP contribution in [0.25, 0.3) is 0 Å². The van der Waals surface area contributed by atoms with Gasteiger partial charge in [-0.3, -0.25) is 4.79 Å². The Labute approximate surface area is 128 Å². The number of rotatable bonds is 4. The Morgan fingerprint density at radius 2 is 2.05 bits per heavy atom. The van der Waals surface area contributed by atoms with Gasteiger partial charge in [0, 0.05) is 24.8 Å². The van der Waals surface area contributed by atoms with Gasteiger partial charge in [-0.15, -0.1) is 0 Å². The number of aliphatic hydroxyl groups excluding tert-OH is 1. The zero-order chi connectivity index (χ0) is 14.7. The van der Waals surface area contributed by atoms with Gasteiger partial charge in [-0.2, -0.15) is 0 Å². The monoisotopic (exact) mass is 316 g/mol. The fourth-order valence-electron chi connectivity index (χ4n) is 2.60. The first kappa shape index (κ1) is 15.4. The van der Waals surface area contributed by atoms with Crippen LogP contribution in [0.5, 0.6) is 0 Å². The highest BCUT2D eigenvalue weighted by Crippen LogP contribution is 2.31. The van der Waals surface area contributed by atoms with Crippen molar-refractivity contribution in [3.8, 4) is 0 Å². The molecule has 0 saturated carbocycles. The van der Waals surface area contributed by atoms with Crippen molar-refractivity contribution in [3.05, 3.63) is 27.7 Å². The number of benzene rings is 1. The summed E-state index contributed by atoms with van der Waals surface area (Å²) in [4.78, 5) is 14.4. The first-order chi connectivity index (χ1) is 9.54. The number of hydrogen-bond acceptors (Lipinski definition) is 3. The quantitative estimate of drug-likeness (QED) is 0.839. The van der Waals surface area contributed by atoms with Crippen molar-refractivity contribution >= 4 is 34.8 Å². The number of hydrogen-bond donors (Lipinski definition) is 2. The van der Waals surface area contributed by atoms with E-state index in [-0.39, 0.29) is 18.6 Å². The lowest BCUT2D eigenvalue weighted by atomic mass is 10.1. The van der Waals surface area contributed by atoms with Gasteiger partial charge in [0.1, 0.15) is 0 Å². The molecule has 0 aliphatic carbocycles. The molecule has 1 fully saturated rings. The number of nitrogens with zero attached hydrogens (tertiary/aromatic N) is 1. The molecule has 6 heteroatoms. The highest BCUT2D eigenvalue weighted by atomic mass is 35.5. The van der Waals surface area contributed by atoms with Crippen LogP contribution in [0.3, 0.4) is 0 Å². The van der Waals surface area contributed by atoms with Crippen LogP contribution < -0.4 is 5.73 Å². The van der Waals surface area contributed by atoms with E-state index in [2.05, 4.69) is 0 Å². The van der Waals surface area contributed by atoms with Crippen molar-refractivity contribution in [3.63, 3.8) is 0 Å². The Hall–Kier alpha value is -0.970. The summed E-state index contributed by atoms with van der Waals surface area (Å²) >= 11 is 12.0. The van der Waals surface area contributed by atoms with Crippen molar-refractivity contribution in [1.82, 2.24) is 4.90 Å². The third kappa shape index (κ3) is 3.19. The molecule has 1 aromatic rings. The maximum atomic E-state index is 12.5. The molecule has 3 N–H and O–H groups in total. The number of nitrogens with two attached hydrogens (primary N) is 1. The molecule has 110 valence electrons. The SMILES string of the molecule is Nc1c(Cl)cc(C(=O)N2CCCC2CCCO)cc1Cl. The predicted molar refractivity (Wildman–Crippen MR) is 81.3 cm³/mol. The Balaban J connectivity index is 2.18. The fraction of sp³-hybridized carbons (Fsp3) is 0.500. The second kappa shape index (κ2) is 6.66. The van der Waals surface area contributed by atoms with E-state index in [9.17, 15) is 4.79 Å². The van der Waals surface area contributed by atoms with Crippen LogP contribution in [0.4, 0.5) is 5.69 Å². The summed E-state index contributed by atoms with van der Waals surface area (Å²) in [5.74, 6) is -0.0748. The number of anilines is 1. The minimum Gasteiger partial charge on any atom is -0.396 e. The molecule has 0 radical (unpaired) electrons. The molecule has 1 atom stereocenters. The highest BCUT2D eigenvalue weighted by Gasteiger charge is 2.29. The third-order valence-electron chi connectivity index (χ3n) is 3.66. The Kier molecular flexibility index (Phi) is 5.13. The second-order valence-corrected chi connectivity index (χ2v) is 5.83. The topological polar surface area (TPSA) is 66.6 Å². The lowest BCUT2D eigenvalue weighted by Crippen LogP contribution is -2.35. The molecular formula is C14H18Cl2N2O2. The molecule has 1 aliphatic rings. The number of halogens is 2. The molecule has 1 saturated heterocycles. The van der Waals surface area contributed by atoms with Gasteiger partial charge in [0.15, 0.2) is 0 Å². The molecule has 2 rings (SSSR count). The van der Waals surface area contributed by atoms with E-state index in [0.717, 1.165) is 25.8 Å². The molecule has 0 spiro atoms. The summed E-state index contributed by atoms with van der Waals surface area (Å²) in [6.07, 6.45) is 3.48. The molecular weight excluding hydrogens is 299 g/mol. The first-order valence-electron chi connectivity index (χ1n) is 6.71. The summed E-state index contributed by atoms with van der Waals surface area (Å²) < 4.78 is 0.